The number of methoxy groups -OCH3 is 1. The van der Waals surface area contributed by atoms with Gasteiger partial charge in [0.25, 0.3) is 0 Å². The van der Waals surface area contributed by atoms with Gasteiger partial charge < -0.3 is 28.4 Å². The van der Waals surface area contributed by atoms with E-state index in [1.54, 1.807) is 121 Å². The van der Waals surface area contributed by atoms with Crippen LogP contribution in [0, 0.1) is 0 Å². The zero-order valence-electron chi connectivity index (χ0n) is 24.2. The Morgan fingerprint density at radius 1 is 0.511 bits per heavy atom. The van der Waals surface area contributed by atoms with Gasteiger partial charge in [0, 0.05) is 7.11 Å². The Hall–Kier alpha value is -5.32. The molecule has 4 aromatic carbocycles. The first-order valence-corrected chi connectivity index (χ1v) is 14.1. The van der Waals surface area contributed by atoms with E-state index in [9.17, 15) is 19.2 Å². The summed E-state index contributed by atoms with van der Waals surface area (Å²) in [6.07, 6.45) is -6.76. The molecule has 0 N–H and O–H groups in total. The molecule has 0 spiro atoms. The molecule has 5 atom stereocenters. The molecular weight excluding hydrogens is 580 g/mol. The van der Waals surface area contributed by atoms with E-state index in [2.05, 4.69) is 0 Å². The van der Waals surface area contributed by atoms with Gasteiger partial charge in [-0.1, -0.05) is 72.8 Å². The molecule has 0 amide bonds. The maximum atomic E-state index is 13.4. The Morgan fingerprint density at radius 2 is 0.867 bits per heavy atom. The summed E-state index contributed by atoms with van der Waals surface area (Å²) in [7, 11) is 1.31. The van der Waals surface area contributed by atoms with Crippen molar-refractivity contribution in [2.45, 2.75) is 30.7 Å². The number of hydrogen-bond donors (Lipinski definition) is 0. The van der Waals surface area contributed by atoms with Crippen molar-refractivity contribution in [3.8, 4) is 0 Å². The largest absolute Gasteiger partial charge is 0.459 e. The number of rotatable bonds is 10. The van der Waals surface area contributed by atoms with E-state index < -0.39 is 61.2 Å². The van der Waals surface area contributed by atoms with Crippen molar-refractivity contribution >= 4 is 23.9 Å². The summed E-state index contributed by atoms with van der Waals surface area (Å²) >= 11 is 0. The van der Waals surface area contributed by atoms with Gasteiger partial charge in [0.1, 0.15) is 12.7 Å². The highest BCUT2D eigenvalue weighted by molar-refractivity contribution is 5.91. The van der Waals surface area contributed by atoms with Crippen molar-refractivity contribution in [2.24, 2.45) is 0 Å². The zero-order chi connectivity index (χ0) is 31.6. The lowest BCUT2D eigenvalue weighted by Gasteiger charge is -2.44. The average molecular weight is 611 g/mol. The summed E-state index contributed by atoms with van der Waals surface area (Å²) in [6, 6.07) is 32.7. The minimum Gasteiger partial charge on any atom is -0.459 e. The Bertz CT molecular complexity index is 1580. The van der Waals surface area contributed by atoms with Crippen LogP contribution in [0.1, 0.15) is 41.4 Å². The molecule has 10 nitrogen and oxygen atoms in total. The Labute approximate surface area is 259 Å². The third-order valence-electron chi connectivity index (χ3n) is 6.97. The molecule has 0 unspecified atom stereocenters. The highest BCUT2D eigenvalue weighted by atomic mass is 16.7. The van der Waals surface area contributed by atoms with Gasteiger partial charge >= 0.3 is 23.9 Å². The summed E-state index contributed by atoms with van der Waals surface area (Å²) in [6.45, 7) is -0.418. The molecule has 0 aromatic heterocycles. The molecule has 0 radical (unpaired) electrons. The first-order valence-electron chi connectivity index (χ1n) is 14.1. The normalized spacial score (nSPS) is 20.8. The number of benzene rings is 4. The zero-order valence-corrected chi connectivity index (χ0v) is 24.2. The van der Waals surface area contributed by atoms with Gasteiger partial charge in [-0.25, -0.2) is 19.2 Å². The molecule has 1 fully saturated rings. The lowest BCUT2D eigenvalue weighted by Crippen LogP contribution is -2.63. The third kappa shape index (κ3) is 7.80. The Kier molecular flexibility index (Phi) is 10.3. The summed E-state index contributed by atoms with van der Waals surface area (Å²) < 4.78 is 34.9. The number of hydrogen-bond acceptors (Lipinski definition) is 10. The van der Waals surface area contributed by atoms with Crippen molar-refractivity contribution in [3.63, 3.8) is 0 Å². The minimum atomic E-state index is -1.45. The maximum absolute atomic E-state index is 13.4. The quantitative estimate of drug-likeness (QED) is 0.181. The Morgan fingerprint density at radius 3 is 1.27 bits per heavy atom. The molecule has 10 heteroatoms. The van der Waals surface area contributed by atoms with Crippen molar-refractivity contribution < 1.29 is 47.6 Å². The number of ether oxygens (including phenoxy) is 6. The van der Waals surface area contributed by atoms with Crippen LogP contribution in [-0.4, -0.2) is 68.3 Å². The number of carbonyl (C=O) groups is 4. The third-order valence-corrected chi connectivity index (χ3v) is 6.97. The lowest BCUT2D eigenvalue weighted by molar-refractivity contribution is -0.291. The van der Waals surface area contributed by atoms with Crippen molar-refractivity contribution in [3.05, 3.63) is 144 Å². The molecule has 4 aromatic rings. The highest BCUT2D eigenvalue weighted by Crippen LogP contribution is 2.31. The molecule has 1 aliphatic heterocycles. The fraction of sp³-hybridized carbons (Fsp3) is 0.200. The second kappa shape index (κ2) is 14.9. The van der Waals surface area contributed by atoms with Crippen LogP contribution in [0.4, 0.5) is 0 Å². The smallest absolute Gasteiger partial charge is 0.338 e. The standard InChI is InChI=1S/C35H30O10/c1-40-35-30(45-34(39)26-20-12-5-13-21-26)29(44-33(38)25-18-10-4-11-19-25)28(43-32(37)24-16-8-3-9-17-24)27(42-35)22-41-31(36)23-14-6-2-7-15-23/h2-21,27-30,35H,22H2,1H3/t27-,28+,29+,30+,35-/m0/s1. The fourth-order valence-corrected chi connectivity index (χ4v) is 4.72. The van der Waals surface area contributed by atoms with Gasteiger partial charge in [-0.2, -0.15) is 0 Å². The van der Waals surface area contributed by atoms with Crippen LogP contribution in [0.25, 0.3) is 0 Å². The molecule has 0 bridgehead atoms. The van der Waals surface area contributed by atoms with Gasteiger partial charge in [0.15, 0.2) is 24.6 Å². The van der Waals surface area contributed by atoms with Crippen LogP contribution in [0.15, 0.2) is 121 Å². The van der Waals surface area contributed by atoms with Crippen LogP contribution in [0.5, 0.6) is 0 Å². The maximum Gasteiger partial charge on any atom is 0.338 e. The second-order valence-electron chi connectivity index (χ2n) is 9.95. The Balaban J connectivity index is 1.50. The predicted molar refractivity (Wildman–Crippen MR) is 159 cm³/mol. The molecule has 1 aliphatic rings. The summed E-state index contributed by atoms with van der Waals surface area (Å²) in [5, 5.41) is 0. The van der Waals surface area contributed by atoms with E-state index in [0.29, 0.717) is 0 Å². The monoisotopic (exact) mass is 610 g/mol. The van der Waals surface area contributed by atoms with Crippen molar-refractivity contribution in [2.75, 3.05) is 13.7 Å². The van der Waals surface area contributed by atoms with E-state index in [1.807, 2.05) is 0 Å². The van der Waals surface area contributed by atoms with Gasteiger partial charge in [-0.3, -0.25) is 0 Å². The lowest BCUT2D eigenvalue weighted by atomic mass is 9.97. The van der Waals surface area contributed by atoms with Crippen LogP contribution in [-0.2, 0) is 28.4 Å². The van der Waals surface area contributed by atoms with Gasteiger partial charge in [-0.05, 0) is 48.5 Å². The van der Waals surface area contributed by atoms with E-state index in [4.69, 9.17) is 28.4 Å². The predicted octanol–water partition coefficient (Wildman–Crippen LogP) is 4.89. The van der Waals surface area contributed by atoms with Crippen molar-refractivity contribution in [1.82, 2.24) is 0 Å². The summed E-state index contributed by atoms with van der Waals surface area (Å²) in [5.74, 6) is -2.96. The van der Waals surface area contributed by atoms with Gasteiger partial charge in [-0.15, -0.1) is 0 Å². The van der Waals surface area contributed by atoms with E-state index in [0.717, 1.165) is 0 Å². The fourth-order valence-electron chi connectivity index (χ4n) is 4.72. The molecule has 45 heavy (non-hydrogen) atoms. The summed E-state index contributed by atoms with van der Waals surface area (Å²) in [4.78, 5) is 52.8. The second-order valence-corrected chi connectivity index (χ2v) is 9.95. The van der Waals surface area contributed by atoms with E-state index in [1.165, 1.54) is 7.11 Å². The molecular formula is C35H30O10. The first kappa shape index (κ1) is 31.1. The topological polar surface area (TPSA) is 124 Å². The van der Waals surface area contributed by atoms with Crippen LogP contribution < -0.4 is 0 Å². The van der Waals surface area contributed by atoms with Gasteiger partial charge in [0.2, 0.25) is 0 Å². The summed E-state index contributed by atoms with van der Waals surface area (Å²) in [5.41, 5.74) is 0.914. The van der Waals surface area contributed by atoms with Gasteiger partial charge in [0.05, 0.1) is 22.3 Å². The van der Waals surface area contributed by atoms with Crippen LogP contribution >= 0.6 is 0 Å². The molecule has 1 heterocycles. The molecule has 230 valence electrons. The van der Waals surface area contributed by atoms with E-state index in [-0.39, 0.29) is 22.3 Å². The minimum absolute atomic E-state index is 0.200. The first-order chi connectivity index (χ1) is 21.9. The molecule has 0 saturated carbocycles. The van der Waals surface area contributed by atoms with Crippen molar-refractivity contribution in [1.29, 1.82) is 0 Å². The number of carbonyl (C=O) groups excluding carboxylic acids is 4. The van der Waals surface area contributed by atoms with Crippen LogP contribution in [0.3, 0.4) is 0 Å². The molecule has 0 aliphatic carbocycles. The van der Waals surface area contributed by atoms with E-state index >= 15 is 0 Å². The average Bonchev–Trinajstić information content (AvgIpc) is 3.10. The number of esters is 4. The van der Waals surface area contributed by atoms with Crippen LogP contribution in [0.2, 0.25) is 0 Å². The molecule has 1 saturated heterocycles. The SMILES string of the molecule is CO[C@H]1O[C@@H](COC(=O)c2ccccc2)[C@@H](OC(=O)c2ccccc2)[C@@H](OC(=O)c2ccccc2)[C@H]1OC(=O)c1ccccc1. The highest BCUT2D eigenvalue weighted by Gasteiger charge is 2.53. The molecule has 5 rings (SSSR count).